The number of hydrogen-bond donors (Lipinski definition) is 2. The van der Waals surface area contributed by atoms with Crippen LogP contribution >= 0.6 is 11.3 Å². The van der Waals surface area contributed by atoms with Crippen molar-refractivity contribution in [3.05, 3.63) is 11.1 Å². The van der Waals surface area contributed by atoms with Crippen molar-refractivity contribution in [3.63, 3.8) is 0 Å². The fraction of sp³-hybridized carbons (Fsp3) is 0.600. The summed E-state index contributed by atoms with van der Waals surface area (Å²) in [5.74, 6) is -0.933. The standard InChI is InChI=1S/C10H17N3O2S/c1-10(2,13(3)4)6-12-9-11-5-7(16-9)8(14)15/h5H,6H2,1-4H3,(H,11,12)(H,14,15). The molecular formula is C10H17N3O2S. The minimum absolute atomic E-state index is 0.00490. The fourth-order valence-corrected chi connectivity index (χ4v) is 1.56. The van der Waals surface area contributed by atoms with E-state index in [0.717, 1.165) is 11.3 Å². The van der Waals surface area contributed by atoms with Gasteiger partial charge in [-0.1, -0.05) is 11.3 Å². The molecule has 0 fully saturated rings. The van der Waals surface area contributed by atoms with Crippen LogP contribution in [-0.4, -0.2) is 47.1 Å². The maximum atomic E-state index is 10.7. The lowest BCUT2D eigenvalue weighted by atomic mass is 10.1. The lowest BCUT2D eigenvalue weighted by Crippen LogP contribution is -2.44. The highest BCUT2D eigenvalue weighted by Crippen LogP contribution is 2.19. The molecular weight excluding hydrogens is 226 g/mol. The van der Waals surface area contributed by atoms with Crippen LogP contribution in [0.1, 0.15) is 23.5 Å². The molecule has 0 aliphatic carbocycles. The summed E-state index contributed by atoms with van der Waals surface area (Å²) in [5.41, 5.74) is -0.00490. The summed E-state index contributed by atoms with van der Waals surface area (Å²) >= 11 is 1.15. The van der Waals surface area contributed by atoms with Crippen LogP contribution in [0.15, 0.2) is 6.20 Å². The Morgan fingerprint density at radius 2 is 2.25 bits per heavy atom. The number of carboxylic acids is 1. The van der Waals surface area contributed by atoms with Crippen LogP contribution in [0.4, 0.5) is 5.13 Å². The van der Waals surface area contributed by atoms with Gasteiger partial charge in [-0.05, 0) is 27.9 Å². The molecule has 5 nitrogen and oxygen atoms in total. The van der Waals surface area contributed by atoms with Gasteiger partial charge >= 0.3 is 5.97 Å². The molecule has 16 heavy (non-hydrogen) atoms. The van der Waals surface area contributed by atoms with Gasteiger partial charge in [0.2, 0.25) is 0 Å². The Labute approximate surface area is 99.1 Å². The van der Waals surface area contributed by atoms with Crippen molar-refractivity contribution in [2.24, 2.45) is 0 Å². The molecule has 0 amide bonds. The number of thiazole rings is 1. The zero-order chi connectivity index (χ0) is 12.3. The molecule has 0 bridgehead atoms. The molecule has 0 aliphatic rings. The Kier molecular flexibility index (Phi) is 3.88. The van der Waals surface area contributed by atoms with E-state index < -0.39 is 5.97 Å². The highest BCUT2D eigenvalue weighted by Gasteiger charge is 2.20. The number of anilines is 1. The quantitative estimate of drug-likeness (QED) is 0.822. The zero-order valence-electron chi connectivity index (χ0n) is 9.94. The number of nitrogens with one attached hydrogen (secondary N) is 1. The molecule has 6 heteroatoms. The molecule has 90 valence electrons. The van der Waals surface area contributed by atoms with Crippen LogP contribution in [0.2, 0.25) is 0 Å². The van der Waals surface area contributed by atoms with Crippen LogP contribution in [-0.2, 0) is 0 Å². The lowest BCUT2D eigenvalue weighted by Gasteiger charge is -2.32. The van der Waals surface area contributed by atoms with Crippen molar-refractivity contribution >= 4 is 22.4 Å². The summed E-state index contributed by atoms with van der Waals surface area (Å²) in [6.45, 7) is 4.92. The van der Waals surface area contributed by atoms with E-state index in [1.807, 2.05) is 14.1 Å². The number of aromatic nitrogens is 1. The highest BCUT2D eigenvalue weighted by molar-refractivity contribution is 7.17. The first-order valence-corrected chi connectivity index (χ1v) is 5.75. The zero-order valence-corrected chi connectivity index (χ0v) is 10.8. The van der Waals surface area contributed by atoms with E-state index in [1.165, 1.54) is 6.20 Å². The maximum Gasteiger partial charge on any atom is 0.347 e. The molecule has 0 unspecified atom stereocenters. The van der Waals surface area contributed by atoms with Crippen molar-refractivity contribution in [1.29, 1.82) is 0 Å². The van der Waals surface area contributed by atoms with Gasteiger partial charge in [0.15, 0.2) is 5.13 Å². The van der Waals surface area contributed by atoms with Gasteiger partial charge < -0.3 is 15.3 Å². The maximum absolute atomic E-state index is 10.7. The number of nitrogens with zero attached hydrogens (tertiary/aromatic N) is 2. The van der Waals surface area contributed by atoms with Gasteiger partial charge in [0.05, 0.1) is 6.20 Å². The molecule has 0 aliphatic heterocycles. The first-order chi connectivity index (χ1) is 7.33. The summed E-state index contributed by atoms with van der Waals surface area (Å²) < 4.78 is 0. The predicted molar refractivity (Wildman–Crippen MR) is 65.3 cm³/mol. The number of carboxylic acid groups (broad SMARTS) is 1. The first-order valence-electron chi connectivity index (χ1n) is 4.93. The molecule has 0 spiro atoms. The van der Waals surface area contributed by atoms with E-state index in [4.69, 9.17) is 5.11 Å². The van der Waals surface area contributed by atoms with Crippen LogP contribution in [0.25, 0.3) is 0 Å². The molecule has 1 heterocycles. The number of hydrogen-bond acceptors (Lipinski definition) is 5. The van der Waals surface area contributed by atoms with Crippen molar-refractivity contribution < 1.29 is 9.90 Å². The molecule has 1 rings (SSSR count). The van der Waals surface area contributed by atoms with Gasteiger partial charge in [-0.25, -0.2) is 9.78 Å². The Hall–Kier alpha value is -1.14. The van der Waals surface area contributed by atoms with Gasteiger partial charge in [0.25, 0.3) is 0 Å². The van der Waals surface area contributed by atoms with Gasteiger partial charge in [-0.15, -0.1) is 0 Å². The number of likely N-dealkylation sites (N-methyl/N-ethyl adjacent to an activating group) is 1. The van der Waals surface area contributed by atoms with Gasteiger partial charge in [0, 0.05) is 12.1 Å². The molecule has 0 atom stereocenters. The second-order valence-corrected chi connectivity index (χ2v) is 5.43. The van der Waals surface area contributed by atoms with Crippen molar-refractivity contribution in [1.82, 2.24) is 9.88 Å². The van der Waals surface area contributed by atoms with Crippen LogP contribution < -0.4 is 5.32 Å². The average molecular weight is 243 g/mol. The normalized spacial score (nSPS) is 11.8. The van der Waals surface area contributed by atoms with E-state index in [9.17, 15) is 4.79 Å². The Morgan fingerprint density at radius 3 is 2.69 bits per heavy atom. The summed E-state index contributed by atoms with van der Waals surface area (Å²) in [7, 11) is 4.01. The minimum atomic E-state index is -0.933. The Balaban J connectivity index is 2.58. The molecule has 1 aromatic rings. The van der Waals surface area contributed by atoms with Crippen molar-refractivity contribution in [3.8, 4) is 0 Å². The molecule has 1 aromatic heterocycles. The summed E-state index contributed by atoms with van der Waals surface area (Å²) in [4.78, 5) is 17.0. The fourth-order valence-electron chi connectivity index (χ4n) is 0.905. The average Bonchev–Trinajstić information content (AvgIpc) is 2.63. The molecule has 0 saturated carbocycles. The predicted octanol–water partition coefficient (Wildman–Crippen LogP) is 1.59. The number of rotatable bonds is 5. The SMILES string of the molecule is CN(C)C(C)(C)CNc1ncc(C(=O)O)s1. The van der Waals surface area contributed by atoms with Crippen LogP contribution in [0, 0.1) is 0 Å². The summed E-state index contributed by atoms with van der Waals surface area (Å²) in [6.07, 6.45) is 1.37. The van der Waals surface area contributed by atoms with E-state index in [1.54, 1.807) is 0 Å². The third kappa shape index (κ3) is 3.18. The van der Waals surface area contributed by atoms with E-state index in [2.05, 4.69) is 29.0 Å². The number of aromatic carboxylic acids is 1. The third-order valence-corrected chi connectivity index (χ3v) is 3.54. The van der Waals surface area contributed by atoms with Gasteiger partial charge in [-0.2, -0.15) is 0 Å². The summed E-state index contributed by atoms with van der Waals surface area (Å²) in [6, 6.07) is 0. The topological polar surface area (TPSA) is 65.5 Å². The third-order valence-electron chi connectivity index (χ3n) is 2.60. The second kappa shape index (κ2) is 4.80. The van der Waals surface area contributed by atoms with Gasteiger partial charge in [-0.3, -0.25) is 0 Å². The van der Waals surface area contributed by atoms with Crippen molar-refractivity contribution in [2.75, 3.05) is 26.0 Å². The highest BCUT2D eigenvalue weighted by atomic mass is 32.1. The monoisotopic (exact) mass is 243 g/mol. The minimum Gasteiger partial charge on any atom is -0.477 e. The largest absolute Gasteiger partial charge is 0.477 e. The molecule has 0 radical (unpaired) electrons. The molecule has 2 N–H and O–H groups in total. The Morgan fingerprint density at radius 1 is 1.62 bits per heavy atom. The van der Waals surface area contributed by atoms with Crippen molar-refractivity contribution in [2.45, 2.75) is 19.4 Å². The number of carbonyl (C=O) groups is 1. The van der Waals surface area contributed by atoms with Gasteiger partial charge in [0.1, 0.15) is 4.88 Å². The van der Waals surface area contributed by atoms with E-state index >= 15 is 0 Å². The Bertz CT molecular complexity index is 374. The second-order valence-electron chi connectivity index (χ2n) is 4.40. The smallest absolute Gasteiger partial charge is 0.347 e. The van der Waals surface area contributed by atoms with E-state index in [0.29, 0.717) is 11.7 Å². The van der Waals surface area contributed by atoms with E-state index in [-0.39, 0.29) is 10.4 Å². The molecule has 0 aromatic carbocycles. The van der Waals surface area contributed by atoms with Crippen LogP contribution in [0.3, 0.4) is 0 Å². The van der Waals surface area contributed by atoms with Crippen LogP contribution in [0.5, 0.6) is 0 Å². The first kappa shape index (κ1) is 12.9. The lowest BCUT2D eigenvalue weighted by molar-refractivity contribution is 0.0702. The molecule has 0 saturated heterocycles. The summed E-state index contributed by atoms with van der Waals surface area (Å²) in [5, 5.41) is 12.5.